The van der Waals surface area contributed by atoms with Crippen molar-refractivity contribution < 1.29 is 13.9 Å². The number of amides is 2. The maximum Gasteiger partial charge on any atom is 0.321 e. The minimum Gasteiger partial charge on any atom is -0.455 e. The second-order valence-electron chi connectivity index (χ2n) is 7.35. The fraction of sp³-hybridized carbons (Fsp3) is 0.409. The highest BCUT2D eigenvalue weighted by atomic mass is 19.1. The van der Waals surface area contributed by atoms with Crippen molar-refractivity contribution in [1.29, 1.82) is 0 Å². The van der Waals surface area contributed by atoms with Gasteiger partial charge in [0.1, 0.15) is 11.6 Å². The standard InChI is InChI=1S/C22H28FN3O2/c1-3-12-25(2)15-17-11-13-26(16-17)22(27)24-20-9-4-5-10-21(20)28-19-8-6-7-18(23)14-19/h4-10,14,17H,3,11-13,15-16H2,1-2H3,(H,24,27). The van der Waals surface area contributed by atoms with E-state index in [1.165, 1.54) is 12.1 Å². The molecule has 28 heavy (non-hydrogen) atoms. The average molecular weight is 385 g/mol. The first-order chi connectivity index (χ1) is 13.5. The Hall–Kier alpha value is -2.60. The Kier molecular flexibility index (Phi) is 6.87. The minimum atomic E-state index is -0.366. The highest BCUT2D eigenvalue weighted by molar-refractivity contribution is 5.91. The molecule has 2 amide bonds. The second kappa shape index (κ2) is 9.55. The molecule has 150 valence electrons. The van der Waals surface area contributed by atoms with Gasteiger partial charge in [-0.1, -0.05) is 25.1 Å². The first-order valence-electron chi connectivity index (χ1n) is 9.82. The number of hydrogen-bond donors (Lipinski definition) is 1. The second-order valence-corrected chi connectivity index (χ2v) is 7.35. The predicted molar refractivity (Wildman–Crippen MR) is 109 cm³/mol. The Balaban J connectivity index is 1.60. The molecular weight excluding hydrogens is 357 g/mol. The Morgan fingerprint density at radius 2 is 2.11 bits per heavy atom. The summed E-state index contributed by atoms with van der Waals surface area (Å²) in [6, 6.07) is 13.0. The zero-order chi connectivity index (χ0) is 19.9. The summed E-state index contributed by atoms with van der Waals surface area (Å²) in [6.45, 7) is 5.77. The van der Waals surface area contributed by atoms with Crippen molar-refractivity contribution in [3.63, 3.8) is 0 Å². The van der Waals surface area contributed by atoms with Crippen LogP contribution in [0.3, 0.4) is 0 Å². The summed E-state index contributed by atoms with van der Waals surface area (Å²) in [6.07, 6.45) is 2.15. The van der Waals surface area contributed by atoms with E-state index in [1.54, 1.807) is 24.3 Å². The van der Waals surface area contributed by atoms with Gasteiger partial charge in [0, 0.05) is 25.7 Å². The molecule has 6 heteroatoms. The lowest BCUT2D eigenvalue weighted by molar-refractivity contribution is 0.217. The molecule has 1 aliphatic rings. The topological polar surface area (TPSA) is 44.8 Å². The molecule has 1 atom stereocenters. The number of anilines is 1. The molecular formula is C22H28FN3O2. The van der Waals surface area contributed by atoms with Gasteiger partial charge in [-0.15, -0.1) is 0 Å². The summed E-state index contributed by atoms with van der Waals surface area (Å²) in [7, 11) is 2.13. The molecule has 0 bridgehead atoms. The van der Waals surface area contributed by atoms with E-state index in [2.05, 4.69) is 24.2 Å². The highest BCUT2D eigenvalue weighted by Crippen LogP contribution is 2.30. The van der Waals surface area contributed by atoms with E-state index >= 15 is 0 Å². The molecule has 1 aliphatic heterocycles. The Bertz CT molecular complexity index is 799. The Morgan fingerprint density at radius 3 is 2.89 bits per heavy atom. The van der Waals surface area contributed by atoms with Crippen LogP contribution in [0.5, 0.6) is 11.5 Å². The number of nitrogens with one attached hydrogen (secondary N) is 1. The third-order valence-corrected chi connectivity index (χ3v) is 4.90. The zero-order valence-electron chi connectivity index (χ0n) is 16.5. The molecule has 1 unspecified atom stereocenters. The van der Waals surface area contributed by atoms with Gasteiger partial charge in [0.05, 0.1) is 5.69 Å². The molecule has 1 fully saturated rings. The van der Waals surface area contributed by atoms with Crippen molar-refractivity contribution in [3.05, 3.63) is 54.3 Å². The average Bonchev–Trinajstić information content (AvgIpc) is 3.12. The molecule has 5 nitrogen and oxygen atoms in total. The van der Waals surface area contributed by atoms with Crippen LogP contribution >= 0.6 is 0 Å². The number of benzene rings is 2. The SMILES string of the molecule is CCCN(C)CC1CCN(C(=O)Nc2ccccc2Oc2cccc(F)c2)C1. The summed E-state index contributed by atoms with van der Waals surface area (Å²) in [5.41, 5.74) is 0.573. The van der Waals surface area contributed by atoms with Crippen LogP contribution in [0.15, 0.2) is 48.5 Å². The van der Waals surface area contributed by atoms with Crippen molar-refractivity contribution >= 4 is 11.7 Å². The number of carbonyl (C=O) groups is 1. The smallest absolute Gasteiger partial charge is 0.321 e. The van der Waals surface area contributed by atoms with Crippen LogP contribution in [0.2, 0.25) is 0 Å². The van der Waals surface area contributed by atoms with Crippen LogP contribution in [0.1, 0.15) is 19.8 Å². The fourth-order valence-electron chi connectivity index (χ4n) is 3.59. The van der Waals surface area contributed by atoms with Crippen LogP contribution in [0.25, 0.3) is 0 Å². The molecule has 1 saturated heterocycles. The summed E-state index contributed by atoms with van der Waals surface area (Å²) in [4.78, 5) is 16.9. The quantitative estimate of drug-likeness (QED) is 0.744. The molecule has 2 aromatic carbocycles. The van der Waals surface area contributed by atoms with E-state index in [0.717, 1.165) is 39.0 Å². The van der Waals surface area contributed by atoms with E-state index < -0.39 is 0 Å². The van der Waals surface area contributed by atoms with E-state index in [0.29, 0.717) is 23.1 Å². The van der Waals surface area contributed by atoms with Crippen LogP contribution in [0.4, 0.5) is 14.9 Å². The number of hydrogen-bond acceptors (Lipinski definition) is 3. The van der Waals surface area contributed by atoms with Gasteiger partial charge in [0.25, 0.3) is 0 Å². The predicted octanol–water partition coefficient (Wildman–Crippen LogP) is 4.81. The summed E-state index contributed by atoms with van der Waals surface area (Å²) < 4.78 is 19.2. The van der Waals surface area contributed by atoms with Crippen LogP contribution < -0.4 is 10.1 Å². The van der Waals surface area contributed by atoms with E-state index in [1.807, 2.05) is 17.0 Å². The van der Waals surface area contributed by atoms with Gasteiger partial charge in [-0.05, 0) is 56.6 Å². The van der Waals surface area contributed by atoms with Crippen molar-refractivity contribution in [2.45, 2.75) is 19.8 Å². The van der Waals surface area contributed by atoms with Gasteiger partial charge in [0.2, 0.25) is 0 Å². The van der Waals surface area contributed by atoms with Gasteiger partial charge in [-0.3, -0.25) is 0 Å². The molecule has 0 saturated carbocycles. The monoisotopic (exact) mass is 385 g/mol. The molecule has 0 radical (unpaired) electrons. The van der Waals surface area contributed by atoms with Crippen LogP contribution in [-0.2, 0) is 0 Å². The first-order valence-corrected chi connectivity index (χ1v) is 9.82. The number of para-hydroxylation sites is 2. The molecule has 0 aliphatic carbocycles. The Morgan fingerprint density at radius 1 is 1.29 bits per heavy atom. The minimum absolute atomic E-state index is 0.129. The van der Waals surface area contributed by atoms with Gasteiger partial charge < -0.3 is 19.9 Å². The molecule has 1 N–H and O–H groups in total. The largest absolute Gasteiger partial charge is 0.455 e. The molecule has 2 aromatic rings. The fourth-order valence-corrected chi connectivity index (χ4v) is 3.59. The number of likely N-dealkylation sites (tertiary alicyclic amines) is 1. The van der Waals surface area contributed by atoms with E-state index in [-0.39, 0.29) is 11.8 Å². The van der Waals surface area contributed by atoms with Crippen LogP contribution in [-0.4, -0.2) is 49.1 Å². The third-order valence-electron chi connectivity index (χ3n) is 4.90. The van der Waals surface area contributed by atoms with Crippen LogP contribution in [0, 0.1) is 11.7 Å². The highest BCUT2D eigenvalue weighted by Gasteiger charge is 2.27. The van der Waals surface area contributed by atoms with Gasteiger partial charge in [0.15, 0.2) is 5.75 Å². The van der Waals surface area contributed by atoms with E-state index in [4.69, 9.17) is 4.74 Å². The van der Waals surface area contributed by atoms with Crippen molar-refractivity contribution in [1.82, 2.24) is 9.80 Å². The maximum absolute atomic E-state index is 13.4. The van der Waals surface area contributed by atoms with Gasteiger partial charge in [-0.25, -0.2) is 9.18 Å². The number of urea groups is 1. The van der Waals surface area contributed by atoms with Gasteiger partial charge >= 0.3 is 6.03 Å². The molecule has 0 spiro atoms. The maximum atomic E-state index is 13.4. The van der Waals surface area contributed by atoms with E-state index in [9.17, 15) is 9.18 Å². The van der Waals surface area contributed by atoms with Crippen molar-refractivity contribution in [2.24, 2.45) is 5.92 Å². The first kappa shape index (κ1) is 20.1. The lowest BCUT2D eigenvalue weighted by atomic mass is 10.1. The number of nitrogens with zero attached hydrogens (tertiary/aromatic N) is 2. The summed E-state index contributed by atoms with van der Waals surface area (Å²) in [5.74, 6) is 1.01. The number of carbonyl (C=O) groups excluding carboxylic acids is 1. The molecule has 1 heterocycles. The van der Waals surface area contributed by atoms with Crippen molar-refractivity contribution in [2.75, 3.05) is 38.5 Å². The number of halogens is 1. The van der Waals surface area contributed by atoms with Crippen molar-refractivity contribution in [3.8, 4) is 11.5 Å². The number of ether oxygens (including phenoxy) is 1. The Labute approximate surface area is 166 Å². The summed E-state index contributed by atoms with van der Waals surface area (Å²) >= 11 is 0. The normalized spacial score (nSPS) is 16.4. The van der Waals surface area contributed by atoms with Gasteiger partial charge in [-0.2, -0.15) is 0 Å². The molecule has 3 rings (SSSR count). The zero-order valence-corrected chi connectivity index (χ0v) is 16.5. The lowest BCUT2D eigenvalue weighted by Gasteiger charge is -2.21. The molecule has 0 aromatic heterocycles. The lowest BCUT2D eigenvalue weighted by Crippen LogP contribution is -2.34. The summed E-state index contributed by atoms with van der Waals surface area (Å²) in [5, 5.41) is 2.94. The number of rotatable bonds is 7. The third kappa shape index (κ3) is 5.45.